The van der Waals surface area contributed by atoms with Crippen molar-refractivity contribution < 1.29 is 0 Å². The van der Waals surface area contributed by atoms with Gasteiger partial charge in [0.2, 0.25) is 0 Å². The molecule has 0 heterocycles. The molecule has 0 aromatic carbocycles. The first-order valence-electron chi connectivity index (χ1n) is 6.54. The average molecular weight is 214 g/mol. The van der Waals surface area contributed by atoms with Gasteiger partial charge in [0.15, 0.2) is 0 Å². The first-order valence-corrected chi connectivity index (χ1v) is 6.54. The summed E-state index contributed by atoms with van der Waals surface area (Å²) in [6, 6.07) is 0.589. The van der Waals surface area contributed by atoms with Gasteiger partial charge in [-0.05, 0) is 32.9 Å². The molecule has 0 aromatic heterocycles. The number of hydrogen-bond acceptors (Lipinski definition) is 2. The standard InChI is InChI=1S/C13H30N2/c1-12(2)9-7-5-6-8-10-15-11-13(3)14-4/h12-15H,5-11H2,1-4H3. The second-order valence-corrected chi connectivity index (χ2v) is 4.99. The van der Waals surface area contributed by atoms with Crippen molar-refractivity contribution >= 4 is 0 Å². The van der Waals surface area contributed by atoms with Crippen molar-refractivity contribution in [1.82, 2.24) is 10.6 Å². The predicted molar refractivity (Wildman–Crippen MR) is 69.3 cm³/mol. The van der Waals surface area contributed by atoms with Crippen LogP contribution in [-0.2, 0) is 0 Å². The zero-order valence-electron chi connectivity index (χ0n) is 11.1. The van der Waals surface area contributed by atoms with E-state index in [2.05, 4.69) is 31.4 Å². The smallest absolute Gasteiger partial charge is 0.0161 e. The van der Waals surface area contributed by atoms with Crippen LogP contribution in [0.4, 0.5) is 0 Å². The van der Waals surface area contributed by atoms with Crippen LogP contribution in [0.3, 0.4) is 0 Å². The van der Waals surface area contributed by atoms with Gasteiger partial charge < -0.3 is 10.6 Å². The van der Waals surface area contributed by atoms with Crippen molar-refractivity contribution in [3.63, 3.8) is 0 Å². The maximum atomic E-state index is 3.47. The Kier molecular flexibility index (Phi) is 10.4. The number of unbranched alkanes of at least 4 members (excludes halogenated alkanes) is 3. The third-order valence-corrected chi connectivity index (χ3v) is 2.83. The molecule has 0 amide bonds. The van der Waals surface area contributed by atoms with Gasteiger partial charge in [-0.1, -0.05) is 39.5 Å². The minimum atomic E-state index is 0.589. The Hall–Kier alpha value is -0.0800. The molecule has 2 heteroatoms. The minimum Gasteiger partial charge on any atom is -0.316 e. The zero-order valence-corrected chi connectivity index (χ0v) is 11.1. The summed E-state index contributed by atoms with van der Waals surface area (Å²) in [6.07, 6.45) is 6.92. The Labute approximate surface area is 96.2 Å². The number of nitrogens with one attached hydrogen (secondary N) is 2. The Morgan fingerprint density at radius 3 is 2.20 bits per heavy atom. The molecule has 0 rings (SSSR count). The third kappa shape index (κ3) is 11.8. The van der Waals surface area contributed by atoms with Crippen LogP contribution in [0.1, 0.15) is 52.9 Å². The van der Waals surface area contributed by atoms with E-state index in [0.29, 0.717) is 6.04 Å². The van der Waals surface area contributed by atoms with Crippen molar-refractivity contribution in [3.8, 4) is 0 Å². The molecule has 15 heavy (non-hydrogen) atoms. The van der Waals surface area contributed by atoms with Gasteiger partial charge in [0, 0.05) is 12.6 Å². The van der Waals surface area contributed by atoms with Gasteiger partial charge in [0.25, 0.3) is 0 Å². The average Bonchev–Trinajstić information content (AvgIpc) is 2.21. The Morgan fingerprint density at radius 2 is 1.60 bits per heavy atom. The molecule has 0 saturated heterocycles. The van der Waals surface area contributed by atoms with Gasteiger partial charge in [-0.15, -0.1) is 0 Å². The lowest BCUT2D eigenvalue weighted by Crippen LogP contribution is -2.34. The summed E-state index contributed by atoms with van der Waals surface area (Å²) in [5.41, 5.74) is 0. The first-order chi connectivity index (χ1) is 7.16. The highest BCUT2D eigenvalue weighted by molar-refractivity contribution is 4.60. The largest absolute Gasteiger partial charge is 0.316 e. The molecule has 0 saturated carbocycles. The monoisotopic (exact) mass is 214 g/mol. The van der Waals surface area contributed by atoms with E-state index in [4.69, 9.17) is 0 Å². The molecular formula is C13H30N2. The maximum Gasteiger partial charge on any atom is 0.0161 e. The van der Waals surface area contributed by atoms with Crippen LogP contribution in [0.5, 0.6) is 0 Å². The summed E-state index contributed by atoms with van der Waals surface area (Å²) in [6.45, 7) is 9.08. The second-order valence-electron chi connectivity index (χ2n) is 4.99. The topological polar surface area (TPSA) is 24.1 Å². The van der Waals surface area contributed by atoms with Crippen LogP contribution in [0.2, 0.25) is 0 Å². The molecule has 0 spiro atoms. The van der Waals surface area contributed by atoms with Crippen molar-refractivity contribution in [2.24, 2.45) is 5.92 Å². The molecule has 92 valence electrons. The summed E-state index contributed by atoms with van der Waals surface area (Å²) in [5.74, 6) is 0.875. The predicted octanol–water partition coefficient (Wildman–Crippen LogP) is 2.79. The van der Waals surface area contributed by atoms with Gasteiger partial charge in [-0.2, -0.15) is 0 Å². The molecule has 0 aliphatic heterocycles. The second kappa shape index (κ2) is 10.4. The van der Waals surface area contributed by atoms with Crippen LogP contribution >= 0.6 is 0 Å². The SMILES string of the molecule is CNC(C)CNCCCCCCC(C)C. The van der Waals surface area contributed by atoms with Gasteiger partial charge >= 0.3 is 0 Å². The lowest BCUT2D eigenvalue weighted by atomic mass is 10.0. The highest BCUT2D eigenvalue weighted by Crippen LogP contribution is 2.08. The summed E-state index contributed by atoms with van der Waals surface area (Å²) in [5, 5.41) is 6.70. The molecule has 1 atom stereocenters. The third-order valence-electron chi connectivity index (χ3n) is 2.83. The van der Waals surface area contributed by atoms with Gasteiger partial charge in [-0.25, -0.2) is 0 Å². The quantitative estimate of drug-likeness (QED) is 0.546. The van der Waals surface area contributed by atoms with Gasteiger partial charge in [0.05, 0.1) is 0 Å². The summed E-state index contributed by atoms with van der Waals surface area (Å²) in [4.78, 5) is 0. The van der Waals surface area contributed by atoms with Gasteiger partial charge in [0.1, 0.15) is 0 Å². The van der Waals surface area contributed by atoms with E-state index in [1.165, 1.54) is 38.6 Å². The van der Waals surface area contributed by atoms with E-state index in [1.807, 2.05) is 7.05 Å². The van der Waals surface area contributed by atoms with Crippen molar-refractivity contribution in [2.75, 3.05) is 20.1 Å². The van der Waals surface area contributed by atoms with Crippen molar-refractivity contribution in [1.29, 1.82) is 0 Å². The fraction of sp³-hybridized carbons (Fsp3) is 1.00. The minimum absolute atomic E-state index is 0.589. The molecule has 0 fully saturated rings. The molecule has 2 nitrogen and oxygen atoms in total. The Morgan fingerprint density at radius 1 is 0.933 bits per heavy atom. The fourth-order valence-corrected chi connectivity index (χ4v) is 1.58. The van der Waals surface area contributed by atoms with E-state index < -0.39 is 0 Å². The van der Waals surface area contributed by atoms with Crippen LogP contribution in [0, 0.1) is 5.92 Å². The highest BCUT2D eigenvalue weighted by Gasteiger charge is 1.96. The van der Waals surface area contributed by atoms with Crippen LogP contribution in [0.25, 0.3) is 0 Å². The van der Waals surface area contributed by atoms with E-state index in [0.717, 1.165) is 12.5 Å². The number of rotatable bonds is 10. The van der Waals surface area contributed by atoms with E-state index in [1.54, 1.807) is 0 Å². The van der Waals surface area contributed by atoms with Crippen LogP contribution in [0.15, 0.2) is 0 Å². The van der Waals surface area contributed by atoms with E-state index >= 15 is 0 Å². The fourth-order valence-electron chi connectivity index (χ4n) is 1.58. The molecular weight excluding hydrogens is 184 g/mol. The molecule has 0 aliphatic rings. The number of likely N-dealkylation sites (N-methyl/N-ethyl adjacent to an activating group) is 1. The zero-order chi connectivity index (χ0) is 11.5. The van der Waals surface area contributed by atoms with E-state index in [-0.39, 0.29) is 0 Å². The molecule has 2 N–H and O–H groups in total. The summed E-state index contributed by atoms with van der Waals surface area (Å²) in [7, 11) is 2.01. The molecule has 0 aromatic rings. The lowest BCUT2D eigenvalue weighted by molar-refractivity contribution is 0.498. The van der Waals surface area contributed by atoms with Crippen LogP contribution < -0.4 is 10.6 Å². The van der Waals surface area contributed by atoms with Gasteiger partial charge in [-0.3, -0.25) is 0 Å². The lowest BCUT2D eigenvalue weighted by Gasteiger charge is -2.11. The Balaban J connectivity index is 2.99. The maximum absolute atomic E-state index is 3.47. The molecule has 1 unspecified atom stereocenters. The van der Waals surface area contributed by atoms with Crippen molar-refractivity contribution in [2.45, 2.75) is 58.9 Å². The summed E-state index contributed by atoms with van der Waals surface area (Å²) >= 11 is 0. The number of hydrogen-bond donors (Lipinski definition) is 2. The van der Waals surface area contributed by atoms with Crippen molar-refractivity contribution in [3.05, 3.63) is 0 Å². The van der Waals surface area contributed by atoms with E-state index in [9.17, 15) is 0 Å². The molecule has 0 aliphatic carbocycles. The Bertz CT molecular complexity index is 124. The normalized spacial score (nSPS) is 13.4. The van der Waals surface area contributed by atoms with Crippen LogP contribution in [-0.4, -0.2) is 26.2 Å². The molecule has 0 bridgehead atoms. The first kappa shape index (κ1) is 14.9. The summed E-state index contributed by atoms with van der Waals surface area (Å²) < 4.78 is 0. The molecule has 0 radical (unpaired) electrons. The highest BCUT2D eigenvalue weighted by atomic mass is 14.9.